The quantitative estimate of drug-likeness (QED) is 0.777. The highest BCUT2D eigenvalue weighted by molar-refractivity contribution is 5.58. The number of hydrogen-bond donors (Lipinski definition) is 1. The Morgan fingerprint density at radius 3 is 2.68 bits per heavy atom. The van der Waals surface area contributed by atoms with Crippen LogP contribution in [0, 0.1) is 0 Å². The molecule has 2 heterocycles. The number of anilines is 1. The number of rotatable bonds is 4. The lowest BCUT2D eigenvalue weighted by Crippen LogP contribution is -2.03. The molecule has 19 heavy (non-hydrogen) atoms. The number of benzene rings is 1. The molecule has 0 atom stereocenters. The molecule has 5 nitrogen and oxygen atoms in total. The van der Waals surface area contributed by atoms with E-state index < -0.39 is 0 Å². The van der Waals surface area contributed by atoms with Crippen LogP contribution in [0.1, 0.15) is 5.69 Å². The van der Waals surface area contributed by atoms with Gasteiger partial charge in [-0.1, -0.05) is 0 Å². The van der Waals surface area contributed by atoms with E-state index in [2.05, 4.69) is 26.1 Å². The molecule has 0 aliphatic heterocycles. The van der Waals surface area contributed by atoms with Crippen LogP contribution in [0.5, 0.6) is 0 Å². The summed E-state index contributed by atoms with van der Waals surface area (Å²) < 4.78 is 7.25. The highest BCUT2D eigenvalue weighted by Crippen LogP contribution is 2.19. The van der Waals surface area contributed by atoms with Gasteiger partial charge in [-0.05, 0) is 36.4 Å². The van der Waals surface area contributed by atoms with Gasteiger partial charge in [-0.3, -0.25) is 0 Å². The van der Waals surface area contributed by atoms with E-state index in [0.717, 1.165) is 17.8 Å². The van der Waals surface area contributed by atoms with Crippen molar-refractivity contribution in [3.05, 3.63) is 54.7 Å². The fourth-order valence-corrected chi connectivity index (χ4v) is 1.90. The number of nitrogens with zero attached hydrogens (tertiary/aromatic N) is 3. The average molecular weight is 254 g/mol. The van der Waals surface area contributed by atoms with E-state index >= 15 is 0 Å². The van der Waals surface area contributed by atoms with E-state index in [1.165, 1.54) is 12.1 Å². The fraction of sp³-hybridized carbons (Fsp3) is 0.143. The molecule has 0 bridgehead atoms. The normalized spacial score (nSPS) is 10.6. The lowest BCUT2D eigenvalue weighted by molar-refractivity contribution is 0.568. The molecule has 3 rings (SSSR count). The van der Waals surface area contributed by atoms with Gasteiger partial charge in [0.2, 0.25) is 12.3 Å². The maximum Gasteiger partial charge on any atom is 0.247 e. The Morgan fingerprint density at radius 1 is 1.21 bits per heavy atom. The number of aryl methyl sites for hydroxylation is 1. The summed E-state index contributed by atoms with van der Waals surface area (Å²) in [5.41, 5.74) is 3.22. The first-order chi connectivity index (χ1) is 9.33. The molecule has 0 saturated heterocycles. The molecule has 0 saturated carbocycles. The van der Waals surface area contributed by atoms with Gasteiger partial charge in [0.1, 0.15) is 0 Å². The predicted octanol–water partition coefficient (Wildman–Crippen LogP) is 2.69. The van der Waals surface area contributed by atoms with Crippen molar-refractivity contribution in [1.82, 2.24) is 14.8 Å². The van der Waals surface area contributed by atoms with Gasteiger partial charge in [-0.15, -0.1) is 10.2 Å². The van der Waals surface area contributed by atoms with Crippen LogP contribution < -0.4 is 5.32 Å². The first kappa shape index (κ1) is 11.5. The molecule has 0 aliphatic rings. The van der Waals surface area contributed by atoms with Crippen LogP contribution in [-0.4, -0.2) is 14.8 Å². The van der Waals surface area contributed by atoms with Crippen molar-refractivity contribution in [2.75, 3.05) is 5.32 Å². The average Bonchev–Trinajstić information content (AvgIpc) is 3.09. The number of nitrogens with one attached hydrogen (secondary N) is 1. The molecule has 0 amide bonds. The van der Waals surface area contributed by atoms with Crippen LogP contribution in [-0.2, 0) is 13.6 Å². The zero-order chi connectivity index (χ0) is 13.1. The molecule has 5 heteroatoms. The van der Waals surface area contributed by atoms with E-state index in [1.807, 2.05) is 43.6 Å². The largest absolute Gasteiger partial charge is 0.423 e. The Bertz CT molecular complexity index is 640. The number of hydrogen-bond acceptors (Lipinski definition) is 4. The molecule has 2 aromatic heterocycles. The lowest BCUT2D eigenvalue weighted by atomic mass is 10.2. The van der Waals surface area contributed by atoms with Gasteiger partial charge in [0.25, 0.3) is 0 Å². The van der Waals surface area contributed by atoms with Crippen molar-refractivity contribution < 1.29 is 4.42 Å². The zero-order valence-corrected chi connectivity index (χ0v) is 10.6. The summed E-state index contributed by atoms with van der Waals surface area (Å²) in [6.45, 7) is 0.795. The van der Waals surface area contributed by atoms with Crippen molar-refractivity contribution in [3.63, 3.8) is 0 Å². The third-order valence-corrected chi connectivity index (χ3v) is 3.02. The summed E-state index contributed by atoms with van der Waals surface area (Å²) in [4.78, 5) is 0. The molecule has 0 unspecified atom stereocenters. The van der Waals surface area contributed by atoms with Gasteiger partial charge < -0.3 is 14.3 Å². The first-order valence-electron chi connectivity index (χ1n) is 6.03. The van der Waals surface area contributed by atoms with Crippen molar-refractivity contribution in [1.29, 1.82) is 0 Å². The Hall–Kier alpha value is -2.56. The second-order valence-corrected chi connectivity index (χ2v) is 4.29. The van der Waals surface area contributed by atoms with Crippen LogP contribution in [0.2, 0.25) is 0 Å². The maximum atomic E-state index is 5.15. The molecule has 1 aromatic carbocycles. The van der Waals surface area contributed by atoms with Crippen LogP contribution in [0.3, 0.4) is 0 Å². The third-order valence-electron chi connectivity index (χ3n) is 3.02. The standard InChI is InChI=1S/C14H14N4O/c1-18-8-2-3-13(18)9-15-12-6-4-11(5-7-12)14-17-16-10-19-14/h2-8,10,15H,9H2,1H3. The summed E-state index contributed by atoms with van der Waals surface area (Å²) in [5, 5.41) is 10.9. The van der Waals surface area contributed by atoms with Crippen molar-refractivity contribution in [2.45, 2.75) is 6.54 Å². The predicted molar refractivity (Wildman–Crippen MR) is 72.5 cm³/mol. The van der Waals surface area contributed by atoms with Gasteiger partial charge in [0, 0.05) is 30.2 Å². The van der Waals surface area contributed by atoms with Crippen LogP contribution in [0.15, 0.2) is 53.4 Å². The van der Waals surface area contributed by atoms with Crippen LogP contribution in [0.4, 0.5) is 5.69 Å². The van der Waals surface area contributed by atoms with E-state index in [9.17, 15) is 0 Å². The van der Waals surface area contributed by atoms with Gasteiger partial charge >= 0.3 is 0 Å². The fourth-order valence-electron chi connectivity index (χ4n) is 1.90. The molecular formula is C14H14N4O. The molecule has 3 aromatic rings. The molecule has 0 aliphatic carbocycles. The third kappa shape index (κ3) is 2.49. The minimum Gasteiger partial charge on any atom is -0.423 e. The maximum absolute atomic E-state index is 5.15. The molecule has 0 radical (unpaired) electrons. The monoisotopic (exact) mass is 254 g/mol. The second-order valence-electron chi connectivity index (χ2n) is 4.29. The van der Waals surface area contributed by atoms with E-state index in [1.54, 1.807) is 0 Å². The molecular weight excluding hydrogens is 240 g/mol. The summed E-state index contributed by atoms with van der Waals surface area (Å²) in [6.07, 6.45) is 3.37. The Balaban J connectivity index is 1.68. The SMILES string of the molecule is Cn1cccc1CNc1ccc(-c2nnco2)cc1. The Morgan fingerprint density at radius 2 is 2.05 bits per heavy atom. The Labute approximate surface area is 110 Å². The van der Waals surface area contributed by atoms with E-state index in [0.29, 0.717) is 5.89 Å². The highest BCUT2D eigenvalue weighted by atomic mass is 16.4. The first-order valence-corrected chi connectivity index (χ1v) is 6.03. The smallest absolute Gasteiger partial charge is 0.247 e. The summed E-state index contributed by atoms with van der Waals surface area (Å²) in [6, 6.07) is 12.1. The van der Waals surface area contributed by atoms with E-state index in [-0.39, 0.29) is 0 Å². The van der Waals surface area contributed by atoms with Crippen molar-refractivity contribution >= 4 is 5.69 Å². The number of aromatic nitrogens is 3. The lowest BCUT2D eigenvalue weighted by Gasteiger charge is -2.07. The van der Waals surface area contributed by atoms with E-state index in [4.69, 9.17) is 4.42 Å². The minimum atomic E-state index is 0.536. The molecule has 0 fully saturated rings. The van der Waals surface area contributed by atoms with Gasteiger partial charge in [0.05, 0.1) is 6.54 Å². The zero-order valence-electron chi connectivity index (χ0n) is 10.6. The molecule has 96 valence electrons. The minimum absolute atomic E-state index is 0.536. The van der Waals surface area contributed by atoms with Gasteiger partial charge in [-0.2, -0.15) is 0 Å². The van der Waals surface area contributed by atoms with Gasteiger partial charge in [-0.25, -0.2) is 0 Å². The Kier molecular flexibility index (Phi) is 3.02. The van der Waals surface area contributed by atoms with Crippen molar-refractivity contribution in [3.8, 4) is 11.5 Å². The van der Waals surface area contributed by atoms with Crippen LogP contribution >= 0.6 is 0 Å². The molecule has 1 N–H and O–H groups in total. The highest BCUT2D eigenvalue weighted by Gasteiger charge is 2.03. The topological polar surface area (TPSA) is 55.9 Å². The molecule has 0 spiro atoms. The summed E-state index contributed by atoms with van der Waals surface area (Å²) in [7, 11) is 2.04. The van der Waals surface area contributed by atoms with Gasteiger partial charge in [0.15, 0.2) is 0 Å². The van der Waals surface area contributed by atoms with Crippen molar-refractivity contribution in [2.24, 2.45) is 7.05 Å². The van der Waals surface area contributed by atoms with Crippen LogP contribution in [0.25, 0.3) is 11.5 Å². The summed E-state index contributed by atoms with van der Waals surface area (Å²) >= 11 is 0. The summed E-state index contributed by atoms with van der Waals surface area (Å²) in [5.74, 6) is 0.536. The second kappa shape index (κ2) is 4.97.